The molecule has 0 amide bonds. The van der Waals surface area contributed by atoms with Crippen LogP contribution in [0.25, 0.3) is 53.2 Å². The molecule has 2 heterocycles. The summed E-state index contributed by atoms with van der Waals surface area (Å²) < 4.78 is 8.87. The van der Waals surface area contributed by atoms with Gasteiger partial charge in [-0.2, -0.15) is 0 Å². The van der Waals surface area contributed by atoms with Crippen LogP contribution in [0, 0.1) is 0 Å². The van der Waals surface area contributed by atoms with Gasteiger partial charge in [-0.05, 0) is 96.1 Å². The highest BCUT2D eigenvalue weighted by Crippen LogP contribution is 2.46. The highest BCUT2D eigenvalue weighted by Gasteiger charge is 2.21. The van der Waals surface area contributed by atoms with E-state index < -0.39 is 0 Å². The predicted octanol–water partition coefficient (Wildman–Crippen LogP) is 14.6. The van der Waals surface area contributed by atoms with E-state index in [1.807, 2.05) is 23.5 Å². The third-order valence-electron chi connectivity index (χ3n) is 9.84. The van der Waals surface area contributed by atoms with E-state index in [1.165, 1.54) is 31.3 Å². The topological polar surface area (TPSA) is 19.6 Å². The molecule has 4 heteroatoms. The molecule has 2 aromatic heterocycles. The van der Waals surface area contributed by atoms with Crippen LogP contribution in [0.2, 0.25) is 0 Å². The van der Waals surface area contributed by atoms with Gasteiger partial charge < -0.3 is 14.2 Å². The first-order valence-corrected chi connectivity index (χ1v) is 18.3. The van der Waals surface area contributed by atoms with Crippen molar-refractivity contribution in [2.45, 2.75) is 0 Å². The highest BCUT2D eigenvalue weighted by atomic mass is 32.1. The minimum absolute atomic E-state index is 0.876. The van der Waals surface area contributed by atoms with Gasteiger partial charge in [0, 0.05) is 54.0 Å². The van der Waals surface area contributed by atoms with Crippen LogP contribution in [-0.4, -0.2) is 0 Å². The average molecular weight is 685 g/mol. The van der Waals surface area contributed by atoms with E-state index in [4.69, 9.17) is 4.42 Å². The van der Waals surface area contributed by atoms with Gasteiger partial charge >= 0.3 is 0 Å². The maximum atomic E-state index is 6.37. The first kappa shape index (κ1) is 30.2. The molecule has 52 heavy (non-hydrogen) atoms. The number of furan rings is 1. The number of para-hydroxylation sites is 3. The Morgan fingerprint density at radius 1 is 0.346 bits per heavy atom. The standard InChI is InChI=1S/C48H32N2OS/c1-4-13-33(14-5-1)34-23-25-37(26-24-34)50(43-20-12-22-45-48(43)41-19-10-11-21-44(41)51-45)39-27-29-40-42-31-38(28-30-46(42)52-47(40)32-39)49(35-15-6-2-7-16-35)36-17-8-3-9-18-36/h1-32H. The summed E-state index contributed by atoms with van der Waals surface area (Å²) in [6, 6.07) is 69.1. The van der Waals surface area contributed by atoms with E-state index >= 15 is 0 Å². The van der Waals surface area contributed by atoms with Crippen molar-refractivity contribution in [2.75, 3.05) is 9.80 Å². The summed E-state index contributed by atoms with van der Waals surface area (Å²) in [5.74, 6) is 0. The molecule has 3 nitrogen and oxygen atoms in total. The van der Waals surface area contributed by atoms with Crippen LogP contribution in [0.4, 0.5) is 34.1 Å². The second-order valence-corrected chi connectivity index (χ2v) is 14.1. The SMILES string of the molecule is c1ccc(-c2ccc(N(c3ccc4c(c3)sc3ccc(N(c5ccccc5)c5ccccc5)cc34)c3cccc4oc5ccccc5c34)cc2)cc1. The summed E-state index contributed by atoms with van der Waals surface area (Å²) in [6.45, 7) is 0. The Balaban J connectivity index is 1.13. The molecule has 246 valence electrons. The molecule has 0 N–H and O–H groups in total. The van der Waals surface area contributed by atoms with Gasteiger partial charge in [0.15, 0.2) is 0 Å². The molecule has 0 radical (unpaired) electrons. The first-order chi connectivity index (χ1) is 25.8. The molecule has 10 aromatic rings. The van der Waals surface area contributed by atoms with Gasteiger partial charge in [0.1, 0.15) is 11.2 Å². The summed E-state index contributed by atoms with van der Waals surface area (Å²) >= 11 is 1.84. The van der Waals surface area contributed by atoms with E-state index in [9.17, 15) is 0 Å². The largest absolute Gasteiger partial charge is 0.456 e. The molecule has 0 aliphatic heterocycles. The zero-order valence-corrected chi connectivity index (χ0v) is 29.0. The van der Waals surface area contributed by atoms with Crippen molar-refractivity contribution in [1.29, 1.82) is 0 Å². The summed E-state index contributed by atoms with van der Waals surface area (Å²) in [7, 11) is 0. The molecule has 0 bridgehead atoms. The quantitative estimate of drug-likeness (QED) is 0.167. The van der Waals surface area contributed by atoms with E-state index in [0.29, 0.717) is 0 Å². The van der Waals surface area contributed by atoms with E-state index in [0.717, 1.165) is 56.1 Å². The Hall–Kier alpha value is -6.62. The first-order valence-electron chi connectivity index (χ1n) is 17.5. The van der Waals surface area contributed by atoms with Gasteiger partial charge in [0.2, 0.25) is 0 Å². The van der Waals surface area contributed by atoms with Crippen LogP contribution in [0.5, 0.6) is 0 Å². The number of fused-ring (bicyclic) bond motifs is 6. The van der Waals surface area contributed by atoms with Crippen LogP contribution < -0.4 is 9.80 Å². The number of anilines is 6. The lowest BCUT2D eigenvalue weighted by Crippen LogP contribution is -2.10. The molecule has 0 aliphatic rings. The van der Waals surface area contributed by atoms with Gasteiger partial charge in [0.05, 0.1) is 11.1 Å². The Morgan fingerprint density at radius 2 is 0.923 bits per heavy atom. The Labute approximate surface area is 305 Å². The number of nitrogens with zero attached hydrogens (tertiary/aromatic N) is 2. The fraction of sp³-hybridized carbons (Fsp3) is 0. The zero-order chi connectivity index (χ0) is 34.4. The van der Waals surface area contributed by atoms with Gasteiger partial charge in [-0.3, -0.25) is 0 Å². The van der Waals surface area contributed by atoms with Crippen LogP contribution in [-0.2, 0) is 0 Å². The van der Waals surface area contributed by atoms with Crippen molar-refractivity contribution in [3.8, 4) is 11.1 Å². The summed E-state index contributed by atoms with van der Waals surface area (Å²) in [4.78, 5) is 4.70. The Morgan fingerprint density at radius 3 is 1.67 bits per heavy atom. The van der Waals surface area contributed by atoms with Gasteiger partial charge in [-0.1, -0.05) is 109 Å². The fourth-order valence-corrected chi connectivity index (χ4v) is 8.56. The molecule has 0 spiro atoms. The molecule has 0 saturated carbocycles. The minimum atomic E-state index is 0.876. The van der Waals surface area contributed by atoms with Gasteiger partial charge in [0.25, 0.3) is 0 Å². The second-order valence-electron chi connectivity index (χ2n) is 13.0. The maximum absolute atomic E-state index is 6.37. The zero-order valence-electron chi connectivity index (χ0n) is 28.2. The molecule has 0 unspecified atom stereocenters. The Bertz CT molecular complexity index is 2800. The maximum Gasteiger partial charge on any atom is 0.137 e. The summed E-state index contributed by atoms with van der Waals surface area (Å²) in [5, 5.41) is 4.71. The van der Waals surface area contributed by atoms with Crippen molar-refractivity contribution in [3.05, 3.63) is 194 Å². The number of rotatable bonds is 7. The second kappa shape index (κ2) is 12.6. The predicted molar refractivity (Wildman–Crippen MR) is 221 cm³/mol. The summed E-state index contributed by atoms with van der Waals surface area (Å²) in [6.07, 6.45) is 0. The van der Waals surface area contributed by atoms with E-state index in [1.54, 1.807) is 0 Å². The molecule has 0 saturated heterocycles. The lowest BCUT2D eigenvalue weighted by atomic mass is 10.0. The molecular weight excluding hydrogens is 653 g/mol. The number of hydrogen-bond acceptors (Lipinski definition) is 4. The van der Waals surface area contributed by atoms with Crippen LogP contribution in [0.15, 0.2) is 199 Å². The summed E-state index contributed by atoms with van der Waals surface area (Å²) in [5.41, 5.74) is 10.8. The molecule has 10 rings (SSSR count). The van der Waals surface area contributed by atoms with Crippen molar-refractivity contribution in [3.63, 3.8) is 0 Å². The van der Waals surface area contributed by atoms with E-state index in [-0.39, 0.29) is 0 Å². The average Bonchev–Trinajstić information content (AvgIpc) is 3.78. The Kier molecular flexibility index (Phi) is 7.33. The third kappa shape index (κ3) is 5.20. The number of thiophene rings is 1. The smallest absolute Gasteiger partial charge is 0.137 e. The van der Waals surface area contributed by atoms with Crippen molar-refractivity contribution in [1.82, 2.24) is 0 Å². The highest BCUT2D eigenvalue weighted by molar-refractivity contribution is 7.25. The third-order valence-corrected chi connectivity index (χ3v) is 11.0. The normalized spacial score (nSPS) is 11.5. The van der Waals surface area contributed by atoms with Crippen LogP contribution in [0.1, 0.15) is 0 Å². The van der Waals surface area contributed by atoms with Gasteiger partial charge in [-0.15, -0.1) is 11.3 Å². The van der Waals surface area contributed by atoms with Crippen LogP contribution in [0.3, 0.4) is 0 Å². The van der Waals surface area contributed by atoms with Crippen molar-refractivity contribution < 1.29 is 4.42 Å². The van der Waals surface area contributed by atoms with E-state index in [2.05, 4.69) is 192 Å². The molecule has 0 aliphatic carbocycles. The van der Waals surface area contributed by atoms with Crippen molar-refractivity contribution >= 4 is 87.6 Å². The van der Waals surface area contributed by atoms with Gasteiger partial charge in [-0.25, -0.2) is 0 Å². The number of benzene rings is 8. The lowest BCUT2D eigenvalue weighted by Gasteiger charge is -2.26. The molecular formula is C48H32N2OS. The fourth-order valence-electron chi connectivity index (χ4n) is 7.44. The molecule has 0 atom stereocenters. The molecule has 8 aromatic carbocycles. The van der Waals surface area contributed by atoms with Crippen molar-refractivity contribution in [2.24, 2.45) is 0 Å². The van der Waals surface area contributed by atoms with Crippen LogP contribution >= 0.6 is 11.3 Å². The lowest BCUT2D eigenvalue weighted by molar-refractivity contribution is 0.669. The minimum Gasteiger partial charge on any atom is -0.456 e. The monoisotopic (exact) mass is 684 g/mol. The number of hydrogen-bond donors (Lipinski definition) is 0. The molecule has 0 fully saturated rings.